The van der Waals surface area contributed by atoms with Crippen molar-refractivity contribution in [3.8, 4) is 0 Å². The number of nitrogens with zero attached hydrogens (tertiary/aromatic N) is 1. The van der Waals surface area contributed by atoms with Crippen molar-refractivity contribution in [2.24, 2.45) is 0 Å². The Hall–Kier alpha value is -1.87. The molecule has 3 rings (SSSR count). The second kappa shape index (κ2) is 4.10. The van der Waals surface area contributed by atoms with Gasteiger partial charge in [0.1, 0.15) is 0 Å². The summed E-state index contributed by atoms with van der Waals surface area (Å²) in [4.78, 5) is 25.4. The molecule has 2 amide bonds. The van der Waals surface area contributed by atoms with Crippen LogP contribution >= 0.6 is 11.6 Å². The predicted molar refractivity (Wildman–Crippen MR) is 70.0 cm³/mol. The first kappa shape index (κ1) is 11.2. The van der Waals surface area contributed by atoms with Crippen molar-refractivity contribution < 1.29 is 9.59 Å². The molecule has 1 heterocycles. The Labute approximate surface area is 109 Å². The number of rotatable bonds is 2. The number of amides is 2. The van der Waals surface area contributed by atoms with Gasteiger partial charge in [-0.3, -0.25) is 14.5 Å². The van der Waals surface area contributed by atoms with Crippen LogP contribution in [0.15, 0.2) is 36.4 Å². The Morgan fingerprint density at radius 2 is 1.44 bits per heavy atom. The maximum atomic E-state index is 12.1. The summed E-state index contributed by atoms with van der Waals surface area (Å²) in [6.45, 7) is 0.254. The SMILES string of the molecule is O=C1c2cc3ccccc3cc2C(=O)N1CCCl. The molecule has 2 aromatic rings. The fourth-order valence-electron chi connectivity index (χ4n) is 2.26. The number of carbonyl (C=O) groups excluding carboxylic acids is 2. The van der Waals surface area contributed by atoms with Gasteiger partial charge >= 0.3 is 0 Å². The van der Waals surface area contributed by atoms with E-state index in [4.69, 9.17) is 11.6 Å². The minimum absolute atomic E-state index is 0.249. The third-order valence-corrected chi connectivity index (χ3v) is 3.31. The van der Waals surface area contributed by atoms with Crippen molar-refractivity contribution in [2.75, 3.05) is 12.4 Å². The normalized spacial score (nSPS) is 14.4. The molecule has 0 unspecified atom stereocenters. The van der Waals surface area contributed by atoms with Gasteiger partial charge in [-0.1, -0.05) is 24.3 Å². The van der Waals surface area contributed by atoms with Gasteiger partial charge in [0.2, 0.25) is 0 Å². The van der Waals surface area contributed by atoms with Gasteiger partial charge in [-0.25, -0.2) is 0 Å². The lowest BCUT2D eigenvalue weighted by Crippen LogP contribution is -2.31. The molecule has 0 aromatic heterocycles. The number of alkyl halides is 1. The van der Waals surface area contributed by atoms with E-state index in [9.17, 15) is 9.59 Å². The average Bonchev–Trinajstić information content (AvgIpc) is 2.62. The summed E-state index contributed by atoms with van der Waals surface area (Å²) in [6, 6.07) is 11.2. The maximum Gasteiger partial charge on any atom is 0.261 e. The highest BCUT2D eigenvalue weighted by atomic mass is 35.5. The van der Waals surface area contributed by atoms with Crippen LogP contribution in [-0.2, 0) is 0 Å². The number of halogens is 1. The zero-order valence-electron chi connectivity index (χ0n) is 9.52. The number of carbonyl (C=O) groups is 2. The van der Waals surface area contributed by atoms with Crippen molar-refractivity contribution in [3.63, 3.8) is 0 Å². The minimum atomic E-state index is -0.249. The first-order valence-corrected chi connectivity index (χ1v) is 6.21. The molecule has 1 aliphatic rings. The van der Waals surface area contributed by atoms with E-state index in [-0.39, 0.29) is 24.2 Å². The highest BCUT2D eigenvalue weighted by Gasteiger charge is 2.35. The summed E-state index contributed by atoms with van der Waals surface area (Å²) >= 11 is 5.61. The molecule has 0 radical (unpaired) electrons. The molecule has 0 atom stereocenters. The zero-order chi connectivity index (χ0) is 12.7. The summed E-state index contributed by atoms with van der Waals surface area (Å²) in [5, 5.41) is 1.93. The van der Waals surface area contributed by atoms with Gasteiger partial charge in [0.05, 0.1) is 11.1 Å². The molecule has 18 heavy (non-hydrogen) atoms. The fourth-order valence-corrected chi connectivity index (χ4v) is 2.43. The Balaban J connectivity index is 2.20. The Morgan fingerprint density at radius 3 is 1.89 bits per heavy atom. The number of benzene rings is 2. The van der Waals surface area contributed by atoms with Crippen molar-refractivity contribution >= 4 is 34.2 Å². The van der Waals surface area contributed by atoms with Crippen LogP contribution in [0, 0.1) is 0 Å². The van der Waals surface area contributed by atoms with Gasteiger partial charge in [-0.15, -0.1) is 11.6 Å². The highest BCUT2D eigenvalue weighted by Crippen LogP contribution is 2.27. The fraction of sp³-hybridized carbons (Fsp3) is 0.143. The summed E-state index contributed by atoms with van der Waals surface area (Å²) in [7, 11) is 0. The van der Waals surface area contributed by atoms with Crippen LogP contribution < -0.4 is 0 Å². The minimum Gasteiger partial charge on any atom is -0.273 e. The molecule has 3 nitrogen and oxygen atoms in total. The van der Waals surface area contributed by atoms with Crippen LogP contribution in [0.2, 0.25) is 0 Å². The molecule has 0 spiro atoms. The van der Waals surface area contributed by atoms with Crippen LogP contribution in [-0.4, -0.2) is 29.1 Å². The standard InChI is InChI=1S/C14H10ClNO2/c15-5-6-16-13(17)11-7-9-3-1-2-4-10(9)8-12(11)14(16)18/h1-4,7-8H,5-6H2. The van der Waals surface area contributed by atoms with Crippen molar-refractivity contribution in [1.82, 2.24) is 4.90 Å². The largest absolute Gasteiger partial charge is 0.273 e. The number of hydrogen-bond donors (Lipinski definition) is 0. The molecule has 1 aliphatic heterocycles. The van der Waals surface area contributed by atoms with Gasteiger partial charge in [-0.2, -0.15) is 0 Å². The lowest BCUT2D eigenvalue weighted by molar-refractivity contribution is 0.0664. The van der Waals surface area contributed by atoms with Crippen LogP contribution in [0.25, 0.3) is 10.8 Å². The van der Waals surface area contributed by atoms with E-state index in [1.807, 2.05) is 24.3 Å². The van der Waals surface area contributed by atoms with E-state index in [1.54, 1.807) is 12.1 Å². The van der Waals surface area contributed by atoms with Crippen molar-refractivity contribution in [1.29, 1.82) is 0 Å². The summed E-state index contributed by atoms with van der Waals surface area (Å²) < 4.78 is 0. The van der Waals surface area contributed by atoms with Gasteiger partial charge in [0.15, 0.2) is 0 Å². The van der Waals surface area contributed by atoms with Crippen LogP contribution in [0.3, 0.4) is 0 Å². The summed E-state index contributed by atoms with van der Waals surface area (Å²) in [5.41, 5.74) is 0.952. The first-order chi connectivity index (χ1) is 8.72. The van der Waals surface area contributed by atoms with E-state index in [0.717, 1.165) is 10.8 Å². The quantitative estimate of drug-likeness (QED) is 0.614. The van der Waals surface area contributed by atoms with Crippen LogP contribution in [0.1, 0.15) is 20.7 Å². The van der Waals surface area contributed by atoms with Gasteiger partial charge in [-0.05, 0) is 22.9 Å². The topological polar surface area (TPSA) is 37.4 Å². The monoisotopic (exact) mass is 259 g/mol. The molecule has 0 N–H and O–H groups in total. The molecule has 2 aromatic carbocycles. The highest BCUT2D eigenvalue weighted by molar-refractivity contribution is 6.24. The van der Waals surface area contributed by atoms with Crippen molar-refractivity contribution in [2.45, 2.75) is 0 Å². The lowest BCUT2D eigenvalue weighted by Gasteiger charge is -2.10. The van der Waals surface area contributed by atoms with E-state index >= 15 is 0 Å². The average molecular weight is 260 g/mol. The third-order valence-electron chi connectivity index (χ3n) is 3.15. The Morgan fingerprint density at radius 1 is 0.944 bits per heavy atom. The first-order valence-electron chi connectivity index (χ1n) is 5.67. The zero-order valence-corrected chi connectivity index (χ0v) is 10.3. The van der Waals surface area contributed by atoms with Crippen molar-refractivity contribution in [3.05, 3.63) is 47.5 Å². The molecule has 0 fully saturated rings. The van der Waals surface area contributed by atoms with E-state index in [0.29, 0.717) is 11.1 Å². The molecular formula is C14H10ClNO2. The van der Waals surface area contributed by atoms with E-state index < -0.39 is 0 Å². The van der Waals surface area contributed by atoms with Crippen LogP contribution in [0.5, 0.6) is 0 Å². The molecule has 0 saturated carbocycles. The molecule has 0 bridgehead atoms. The smallest absolute Gasteiger partial charge is 0.261 e. The number of imide groups is 1. The molecule has 0 aliphatic carbocycles. The second-order valence-corrected chi connectivity index (χ2v) is 4.57. The van der Waals surface area contributed by atoms with Crippen LogP contribution in [0.4, 0.5) is 0 Å². The Kier molecular flexibility index (Phi) is 2.56. The van der Waals surface area contributed by atoms with E-state index in [2.05, 4.69) is 0 Å². The molecular weight excluding hydrogens is 250 g/mol. The number of fused-ring (bicyclic) bond motifs is 2. The molecule has 90 valence electrons. The second-order valence-electron chi connectivity index (χ2n) is 4.20. The molecule has 0 saturated heterocycles. The predicted octanol–water partition coefficient (Wildman–Crippen LogP) is 2.67. The van der Waals surface area contributed by atoms with E-state index in [1.165, 1.54) is 4.90 Å². The summed E-state index contributed by atoms with van der Waals surface area (Å²) in [5.74, 6) is -0.242. The Bertz CT molecular complexity index is 611. The van der Waals surface area contributed by atoms with Gasteiger partial charge in [0, 0.05) is 12.4 Å². The number of hydrogen-bond acceptors (Lipinski definition) is 2. The third kappa shape index (κ3) is 1.51. The summed E-state index contributed by atoms with van der Waals surface area (Å²) in [6.07, 6.45) is 0. The molecule has 4 heteroatoms. The van der Waals surface area contributed by atoms with Gasteiger partial charge in [0.25, 0.3) is 11.8 Å². The maximum absolute atomic E-state index is 12.1. The van der Waals surface area contributed by atoms with Gasteiger partial charge < -0.3 is 0 Å². The lowest BCUT2D eigenvalue weighted by atomic mass is 10.0.